The van der Waals surface area contributed by atoms with Crippen LogP contribution in [0.5, 0.6) is 0 Å². The summed E-state index contributed by atoms with van der Waals surface area (Å²) < 4.78 is 44.5. The van der Waals surface area contributed by atoms with Crippen molar-refractivity contribution in [2.75, 3.05) is 41.4 Å². The molecular formula is C41H77N3O13. The summed E-state index contributed by atoms with van der Waals surface area (Å²) in [7, 11) is 6.86. The summed E-state index contributed by atoms with van der Waals surface area (Å²) in [5, 5.41) is 49.3. The summed E-state index contributed by atoms with van der Waals surface area (Å²) in [4.78, 5) is 31.5. The molecule has 0 aromatic carbocycles. The van der Waals surface area contributed by atoms with Crippen LogP contribution in [-0.2, 0) is 38.0 Å². The first-order chi connectivity index (χ1) is 26.4. The Balaban J connectivity index is 2.27. The first kappa shape index (κ1) is 49.7. The minimum atomic E-state index is -1.97. The van der Waals surface area contributed by atoms with Crippen LogP contribution in [0.15, 0.2) is 0 Å². The van der Waals surface area contributed by atoms with Gasteiger partial charge in [-0.05, 0) is 94.7 Å². The van der Waals surface area contributed by atoms with Gasteiger partial charge in [0, 0.05) is 45.7 Å². The van der Waals surface area contributed by atoms with Gasteiger partial charge < -0.3 is 68.7 Å². The zero-order chi connectivity index (χ0) is 43.4. The van der Waals surface area contributed by atoms with E-state index in [0.29, 0.717) is 19.4 Å². The molecule has 0 radical (unpaired) electrons. The van der Waals surface area contributed by atoms with Gasteiger partial charge in [-0.2, -0.15) is 0 Å². The van der Waals surface area contributed by atoms with E-state index in [1.807, 2.05) is 46.7 Å². The lowest BCUT2D eigenvalue weighted by atomic mass is 9.77. The highest BCUT2D eigenvalue weighted by atomic mass is 16.7. The molecule has 0 saturated carbocycles. The van der Waals surface area contributed by atoms with Gasteiger partial charge in [0.2, 0.25) is 0 Å². The van der Waals surface area contributed by atoms with E-state index in [9.17, 15) is 30.0 Å². The predicted octanol–water partition coefficient (Wildman–Crippen LogP) is 2.65. The normalized spacial score (nSPS) is 45.9. The van der Waals surface area contributed by atoms with Crippen molar-refractivity contribution in [1.29, 1.82) is 0 Å². The third kappa shape index (κ3) is 11.2. The van der Waals surface area contributed by atoms with Crippen molar-refractivity contribution in [2.45, 2.75) is 192 Å². The number of hydrogen-bond acceptors (Lipinski definition) is 14. The Hall–Kier alpha value is -1.70. The molecule has 334 valence electrons. The van der Waals surface area contributed by atoms with Crippen molar-refractivity contribution in [1.82, 2.24) is 15.1 Å². The molecule has 0 unspecified atom stereocenters. The highest BCUT2D eigenvalue weighted by molar-refractivity contribution is 5.74. The van der Waals surface area contributed by atoms with Crippen molar-refractivity contribution >= 4 is 12.0 Å². The zero-order valence-electron chi connectivity index (χ0n) is 37.3. The minimum absolute atomic E-state index is 0.128. The van der Waals surface area contributed by atoms with Crippen molar-refractivity contribution in [2.24, 2.45) is 17.8 Å². The van der Waals surface area contributed by atoms with Crippen LogP contribution >= 0.6 is 0 Å². The highest BCUT2D eigenvalue weighted by Crippen LogP contribution is 2.41. The standard InChI is InChI=1S/C41H77N3O13/c1-16-29-41(11,50)33(46)26(7)44(38(49)42-17-2)21-22(3)19-40(10,52-15)35(57-37-31(45)28(43(12)13)18-23(4)53-37)24(5)32(25(6)36(48)55-29)56-30-20-39(9,51-14)34(47)27(8)54-30/h22-35,37,45-47,50H,16-21H2,1-15H3,(H,42,49)/t22-,23-,24+,25-,26-,27+,28+,29-,30+,31-,32+,33-,34+,35-,37+,39-,40-,41-/m1/s1. The van der Waals surface area contributed by atoms with Gasteiger partial charge in [-0.3, -0.25) is 4.79 Å². The number of ether oxygens (including phenoxy) is 7. The largest absolute Gasteiger partial charge is 0.459 e. The molecule has 3 saturated heterocycles. The molecule has 0 aliphatic carbocycles. The van der Waals surface area contributed by atoms with Gasteiger partial charge in [0.25, 0.3) is 0 Å². The molecule has 3 rings (SSSR count). The van der Waals surface area contributed by atoms with Crippen LogP contribution in [0, 0.1) is 17.8 Å². The van der Waals surface area contributed by atoms with Crippen LogP contribution < -0.4 is 5.32 Å². The zero-order valence-corrected chi connectivity index (χ0v) is 37.3. The number of nitrogens with zero attached hydrogens (tertiary/aromatic N) is 2. The molecule has 0 aromatic rings. The van der Waals surface area contributed by atoms with Gasteiger partial charge in [0.15, 0.2) is 12.6 Å². The van der Waals surface area contributed by atoms with Crippen LogP contribution in [0.3, 0.4) is 0 Å². The van der Waals surface area contributed by atoms with Crippen LogP contribution in [0.1, 0.15) is 102 Å². The van der Waals surface area contributed by atoms with Crippen molar-refractivity contribution < 1.29 is 63.2 Å². The number of methoxy groups -OCH3 is 2. The summed E-state index contributed by atoms with van der Waals surface area (Å²) >= 11 is 0. The van der Waals surface area contributed by atoms with Gasteiger partial charge >= 0.3 is 12.0 Å². The maximum absolute atomic E-state index is 14.4. The number of esters is 1. The van der Waals surface area contributed by atoms with Gasteiger partial charge in [0.05, 0.1) is 47.6 Å². The number of urea groups is 1. The number of rotatable bonds is 9. The molecule has 16 nitrogen and oxygen atoms in total. The molecule has 18 atom stereocenters. The van der Waals surface area contributed by atoms with Crippen molar-refractivity contribution in [3.05, 3.63) is 0 Å². The Bertz CT molecular complexity index is 1290. The number of cyclic esters (lactones) is 1. The molecular weight excluding hydrogens is 742 g/mol. The number of likely N-dealkylation sites (N-methyl/N-ethyl adjacent to an activating group) is 1. The van der Waals surface area contributed by atoms with Crippen LogP contribution in [-0.4, -0.2) is 174 Å². The Labute approximate surface area is 341 Å². The van der Waals surface area contributed by atoms with Crippen LogP contribution in [0.4, 0.5) is 4.79 Å². The van der Waals surface area contributed by atoms with E-state index >= 15 is 0 Å². The lowest BCUT2D eigenvalue weighted by Gasteiger charge is -2.49. The fraction of sp³-hybridized carbons (Fsp3) is 0.951. The number of carbonyl (C=O) groups is 2. The second kappa shape index (κ2) is 20.2. The first-order valence-corrected chi connectivity index (χ1v) is 20.8. The number of aliphatic hydroxyl groups excluding tert-OH is 3. The van der Waals surface area contributed by atoms with Crippen molar-refractivity contribution in [3.8, 4) is 0 Å². The molecule has 0 bridgehead atoms. The number of carbonyl (C=O) groups excluding carboxylic acids is 2. The molecule has 0 spiro atoms. The molecule has 3 heterocycles. The lowest BCUT2D eigenvalue weighted by Crippen LogP contribution is -2.61. The van der Waals surface area contributed by atoms with Gasteiger partial charge in [-0.1, -0.05) is 20.8 Å². The summed E-state index contributed by atoms with van der Waals surface area (Å²) in [6.45, 7) is 19.9. The maximum atomic E-state index is 14.4. The van der Waals surface area contributed by atoms with Gasteiger partial charge in [-0.25, -0.2) is 4.79 Å². The molecule has 0 aromatic heterocycles. The molecule has 3 aliphatic heterocycles. The number of hydrogen-bond donors (Lipinski definition) is 5. The molecule has 3 aliphatic rings. The SMILES string of the molecule is CCNC(=O)N1C[C@H](C)C[C@@](C)(OC)[C@H](O[C@@H]2O[C@H](C)C[C@H](N(C)C)[C@H]2O)[C@@H](C)[C@H](O[C@H]2C[C@@](C)(OC)[C@@H](O)[C@H](C)O2)[C@@H](C)C(=O)O[C@H](CC)[C@@](C)(O)[C@H](O)[C@H]1C. The molecule has 57 heavy (non-hydrogen) atoms. The quantitative estimate of drug-likeness (QED) is 0.213. The van der Waals surface area contributed by atoms with Gasteiger partial charge in [0.1, 0.15) is 30.0 Å². The summed E-state index contributed by atoms with van der Waals surface area (Å²) in [6, 6.07) is -1.62. The van der Waals surface area contributed by atoms with E-state index in [0.717, 1.165) is 0 Å². The minimum Gasteiger partial charge on any atom is -0.459 e. The average Bonchev–Trinajstić information content (AvgIpc) is 3.15. The predicted molar refractivity (Wildman–Crippen MR) is 212 cm³/mol. The number of aliphatic hydroxyl groups is 4. The second-order valence-corrected chi connectivity index (χ2v) is 17.9. The Morgan fingerprint density at radius 1 is 0.930 bits per heavy atom. The van der Waals surface area contributed by atoms with E-state index in [1.54, 1.807) is 48.7 Å². The van der Waals surface area contributed by atoms with E-state index in [1.165, 1.54) is 18.9 Å². The first-order valence-electron chi connectivity index (χ1n) is 20.8. The summed E-state index contributed by atoms with van der Waals surface area (Å²) in [6.07, 6.45) is -8.46. The fourth-order valence-electron chi connectivity index (χ4n) is 9.20. The Kier molecular flexibility index (Phi) is 17.6. The monoisotopic (exact) mass is 820 g/mol. The molecule has 16 heteroatoms. The third-order valence-corrected chi connectivity index (χ3v) is 12.9. The molecule has 3 fully saturated rings. The molecule has 5 N–H and O–H groups in total. The summed E-state index contributed by atoms with van der Waals surface area (Å²) in [5.74, 6) is -2.72. The van der Waals surface area contributed by atoms with E-state index < -0.39 is 102 Å². The summed E-state index contributed by atoms with van der Waals surface area (Å²) in [5.41, 5.74) is -4.17. The van der Waals surface area contributed by atoms with Crippen LogP contribution in [0.25, 0.3) is 0 Å². The molecule has 2 amide bonds. The number of amides is 2. The van der Waals surface area contributed by atoms with Gasteiger partial charge in [-0.15, -0.1) is 0 Å². The Morgan fingerprint density at radius 2 is 1.54 bits per heavy atom. The second-order valence-electron chi connectivity index (χ2n) is 17.9. The smallest absolute Gasteiger partial charge is 0.317 e. The third-order valence-electron chi connectivity index (χ3n) is 12.9. The topological polar surface area (TPSA) is 198 Å². The average molecular weight is 820 g/mol. The number of nitrogens with one attached hydrogen (secondary N) is 1. The Morgan fingerprint density at radius 3 is 2.09 bits per heavy atom. The fourth-order valence-corrected chi connectivity index (χ4v) is 9.20. The lowest BCUT2D eigenvalue weighted by molar-refractivity contribution is -0.319. The van der Waals surface area contributed by atoms with E-state index in [4.69, 9.17) is 33.2 Å². The van der Waals surface area contributed by atoms with E-state index in [2.05, 4.69) is 5.32 Å². The van der Waals surface area contributed by atoms with Crippen molar-refractivity contribution in [3.63, 3.8) is 0 Å². The highest BCUT2D eigenvalue weighted by Gasteiger charge is 2.53. The maximum Gasteiger partial charge on any atom is 0.317 e. The van der Waals surface area contributed by atoms with Crippen LogP contribution in [0.2, 0.25) is 0 Å². The van der Waals surface area contributed by atoms with E-state index in [-0.39, 0.29) is 37.5 Å².